The first-order chi connectivity index (χ1) is 7.26. The van der Waals surface area contributed by atoms with Crippen LogP contribution in [0.5, 0.6) is 0 Å². The van der Waals surface area contributed by atoms with Crippen molar-refractivity contribution in [3.63, 3.8) is 0 Å². The molecule has 0 radical (unpaired) electrons. The molecule has 2 atom stereocenters. The third kappa shape index (κ3) is 2.36. The summed E-state index contributed by atoms with van der Waals surface area (Å²) in [5.41, 5.74) is -0.438. The lowest BCUT2D eigenvalue weighted by Crippen LogP contribution is -2.45. The van der Waals surface area contributed by atoms with Crippen LogP contribution in [0.1, 0.15) is 57.8 Å². The Kier molecular flexibility index (Phi) is 3.68. The van der Waals surface area contributed by atoms with Crippen LogP contribution in [0.3, 0.4) is 0 Å². The summed E-state index contributed by atoms with van der Waals surface area (Å²) in [4.78, 5) is 0. The second kappa shape index (κ2) is 4.84. The van der Waals surface area contributed by atoms with Crippen molar-refractivity contribution < 1.29 is 10.2 Å². The smallest absolute Gasteiger partial charge is 0.0679 e. The van der Waals surface area contributed by atoms with E-state index in [4.69, 9.17) is 0 Å². The first kappa shape index (κ1) is 11.4. The highest BCUT2D eigenvalue weighted by molar-refractivity contribution is 4.93. The number of hydrogen-bond donors (Lipinski definition) is 2. The summed E-state index contributed by atoms with van der Waals surface area (Å²) >= 11 is 0. The quantitative estimate of drug-likeness (QED) is 0.738. The normalized spacial score (nSPS) is 36.4. The van der Waals surface area contributed by atoms with E-state index in [9.17, 15) is 10.2 Å². The largest absolute Gasteiger partial charge is 0.396 e. The molecule has 15 heavy (non-hydrogen) atoms. The van der Waals surface area contributed by atoms with E-state index in [-0.39, 0.29) is 6.61 Å². The zero-order chi connectivity index (χ0) is 10.7. The van der Waals surface area contributed by atoms with Gasteiger partial charge in [0, 0.05) is 6.61 Å². The Morgan fingerprint density at radius 2 is 1.60 bits per heavy atom. The Hall–Kier alpha value is -0.0800. The van der Waals surface area contributed by atoms with E-state index >= 15 is 0 Å². The molecular weight excluding hydrogens is 188 g/mol. The van der Waals surface area contributed by atoms with E-state index in [1.807, 2.05) is 0 Å². The van der Waals surface area contributed by atoms with E-state index in [2.05, 4.69) is 0 Å². The van der Waals surface area contributed by atoms with Gasteiger partial charge in [-0.3, -0.25) is 0 Å². The third-order valence-corrected chi connectivity index (χ3v) is 4.55. The standard InChI is InChI=1S/C13H24O2/c14-10-11-6-2-3-7-12(11)13(15)8-4-1-5-9-13/h11-12,14-15H,1-10H2/t11-,12-/m0/s1. The maximum Gasteiger partial charge on any atom is 0.0679 e. The highest BCUT2D eigenvalue weighted by atomic mass is 16.3. The van der Waals surface area contributed by atoms with Gasteiger partial charge >= 0.3 is 0 Å². The summed E-state index contributed by atoms with van der Waals surface area (Å²) in [6.07, 6.45) is 10.3. The predicted octanol–water partition coefficient (Wildman–Crippen LogP) is 2.48. The van der Waals surface area contributed by atoms with E-state index in [0.29, 0.717) is 11.8 Å². The lowest BCUT2D eigenvalue weighted by atomic mass is 9.65. The number of aliphatic hydroxyl groups is 2. The van der Waals surface area contributed by atoms with Crippen LogP contribution in [0.25, 0.3) is 0 Å². The Labute approximate surface area is 92.7 Å². The summed E-state index contributed by atoms with van der Waals surface area (Å²) in [6, 6.07) is 0. The van der Waals surface area contributed by atoms with Gasteiger partial charge in [-0.15, -0.1) is 0 Å². The molecule has 0 heterocycles. The van der Waals surface area contributed by atoms with Crippen molar-refractivity contribution in [1.82, 2.24) is 0 Å². The van der Waals surface area contributed by atoms with Gasteiger partial charge in [-0.2, -0.15) is 0 Å². The van der Waals surface area contributed by atoms with Crippen molar-refractivity contribution in [3.8, 4) is 0 Å². The van der Waals surface area contributed by atoms with E-state index in [1.54, 1.807) is 0 Å². The van der Waals surface area contributed by atoms with Gasteiger partial charge in [-0.25, -0.2) is 0 Å². The highest BCUT2D eigenvalue weighted by Gasteiger charge is 2.42. The Balaban J connectivity index is 2.04. The molecule has 0 aromatic rings. The van der Waals surface area contributed by atoms with E-state index in [0.717, 1.165) is 25.7 Å². The zero-order valence-corrected chi connectivity index (χ0v) is 9.62. The summed E-state index contributed by atoms with van der Waals surface area (Å²) in [7, 11) is 0. The molecule has 0 spiro atoms. The molecule has 2 saturated carbocycles. The maximum atomic E-state index is 10.7. The summed E-state index contributed by atoms with van der Waals surface area (Å²) in [5.74, 6) is 0.735. The molecule has 0 bridgehead atoms. The molecule has 0 aromatic carbocycles. The number of rotatable bonds is 2. The maximum absolute atomic E-state index is 10.7. The van der Waals surface area contributed by atoms with Gasteiger partial charge in [-0.05, 0) is 37.5 Å². The molecule has 0 saturated heterocycles. The molecule has 2 N–H and O–H groups in total. The Bertz CT molecular complexity index is 197. The number of hydrogen-bond acceptors (Lipinski definition) is 2. The van der Waals surface area contributed by atoms with E-state index in [1.165, 1.54) is 32.1 Å². The van der Waals surface area contributed by atoms with Crippen LogP contribution in [0.4, 0.5) is 0 Å². The lowest BCUT2D eigenvalue weighted by Gasteiger charge is -2.45. The zero-order valence-electron chi connectivity index (χ0n) is 9.62. The van der Waals surface area contributed by atoms with Crippen LogP contribution in [0, 0.1) is 11.8 Å². The molecule has 0 aliphatic heterocycles. The van der Waals surface area contributed by atoms with Crippen LogP contribution in [-0.2, 0) is 0 Å². The lowest BCUT2D eigenvalue weighted by molar-refractivity contribution is -0.0903. The Morgan fingerprint density at radius 1 is 0.933 bits per heavy atom. The van der Waals surface area contributed by atoms with Crippen molar-refractivity contribution in [2.75, 3.05) is 6.61 Å². The third-order valence-electron chi connectivity index (χ3n) is 4.55. The van der Waals surface area contributed by atoms with Gasteiger partial charge in [0.05, 0.1) is 5.60 Å². The summed E-state index contributed by atoms with van der Waals surface area (Å²) in [5, 5.41) is 20.1. The second-order valence-corrected chi connectivity index (χ2v) is 5.50. The molecule has 88 valence electrons. The fraction of sp³-hybridized carbons (Fsp3) is 1.00. The topological polar surface area (TPSA) is 40.5 Å². The van der Waals surface area contributed by atoms with Crippen LogP contribution in [0.2, 0.25) is 0 Å². The number of aliphatic hydroxyl groups excluding tert-OH is 1. The molecule has 2 nitrogen and oxygen atoms in total. The van der Waals surface area contributed by atoms with Gasteiger partial charge in [0.1, 0.15) is 0 Å². The Morgan fingerprint density at radius 3 is 2.27 bits per heavy atom. The van der Waals surface area contributed by atoms with Gasteiger partial charge < -0.3 is 10.2 Å². The first-order valence-corrected chi connectivity index (χ1v) is 6.59. The van der Waals surface area contributed by atoms with E-state index < -0.39 is 5.60 Å². The van der Waals surface area contributed by atoms with Crippen molar-refractivity contribution in [3.05, 3.63) is 0 Å². The van der Waals surface area contributed by atoms with Gasteiger partial charge in [-0.1, -0.05) is 32.1 Å². The minimum atomic E-state index is -0.438. The van der Waals surface area contributed by atoms with Gasteiger partial charge in [0.15, 0.2) is 0 Å². The second-order valence-electron chi connectivity index (χ2n) is 5.50. The SMILES string of the molecule is OC[C@@H]1CCCC[C@@H]1C1(O)CCCCC1. The minimum Gasteiger partial charge on any atom is -0.396 e. The molecule has 2 rings (SSSR count). The summed E-state index contributed by atoms with van der Waals surface area (Å²) in [6.45, 7) is 0.271. The predicted molar refractivity (Wildman–Crippen MR) is 60.6 cm³/mol. The van der Waals surface area contributed by atoms with Crippen LogP contribution < -0.4 is 0 Å². The van der Waals surface area contributed by atoms with Gasteiger partial charge in [0.2, 0.25) is 0 Å². The fourth-order valence-electron chi connectivity index (χ4n) is 3.67. The van der Waals surface area contributed by atoms with Crippen molar-refractivity contribution in [2.45, 2.75) is 63.4 Å². The molecule has 2 fully saturated rings. The molecule has 0 amide bonds. The average Bonchev–Trinajstić information content (AvgIpc) is 2.30. The average molecular weight is 212 g/mol. The van der Waals surface area contributed by atoms with Crippen LogP contribution in [-0.4, -0.2) is 22.4 Å². The first-order valence-electron chi connectivity index (χ1n) is 6.59. The minimum absolute atomic E-state index is 0.271. The van der Waals surface area contributed by atoms with Crippen molar-refractivity contribution in [2.24, 2.45) is 11.8 Å². The highest BCUT2D eigenvalue weighted by Crippen LogP contribution is 2.44. The molecule has 2 aliphatic carbocycles. The molecule has 0 aromatic heterocycles. The van der Waals surface area contributed by atoms with Crippen LogP contribution in [0.15, 0.2) is 0 Å². The van der Waals surface area contributed by atoms with Gasteiger partial charge in [0.25, 0.3) is 0 Å². The van der Waals surface area contributed by atoms with Crippen molar-refractivity contribution in [1.29, 1.82) is 0 Å². The van der Waals surface area contributed by atoms with Crippen molar-refractivity contribution >= 4 is 0 Å². The molecular formula is C13H24O2. The summed E-state index contributed by atoms with van der Waals surface area (Å²) < 4.78 is 0. The molecule has 0 unspecified atom stereocenters. The fourth-order valence-corrected chi connectivity index (χ4v) is 3.67. The monoisotopic (exact) mass is 212 g/mol. The molecule has 2 heteroatoms. The van der Waals surface area contributed by atoms with Crippen LogP contribution >= 0.6 is 0 Å². The molecule has 2 aliphatic rings.